The largest absolute Gasteiger partial charge is 0.480 e. The Hall–Kier alpha value is -1.89. The fourth-order valence-electron chi connectivity index (χ4n) is 1.52. The second-order valence-electron chi connectivity index (χ2n) is 4.05. The van der Waals surface area contributed by atoms with Crippen LogP contribution in [0.25, 0.3) is 0 Å². The Labute approximate surface area is 105 Å². The van der Waals surface area contributed by atoms with Crippen molar-refractivity contribution in [3.05, 3.63) is 18.2 Å². The number of amides is 1. The molecule has 0 aromatic carbocycles. The van der Waals surface area contributed by atoms with Crippen LogP contribution >= 0.6 is 0 Å². The Morgan fingerprint density at radius 3 is 2.83 bits per heavy atom. The summed E-state index contributed by atoms with van der Waals surface area (Å²) in [6, 6.07) is -0.939. The van der Waals surface area contributed by atoms with Crippen LogP contribution in [0, 0.1) is 0 Å². The van der Waals surface area contributed by atoms with Gasteiger partial charge < -0.3 is 20.7 Å². The summed E-state index contributed by atoms with van der Waals surface area (Å²) in [6.45, 7) is 0.410. The molecule has 0 spiro atoms. The lowest BCUT2D eigenvalue weighted by molar-refractivity contribution is -0.141. The number of aryl methyl sites for hydroxylation is 1. The highest BCUT2D eigenvalue weighted by Crippen LogP contribution is 2.02. The number of hydrogen-bond donors (Lipinski definition) is 3. The predicted octanol–water partition coefficient (Wildman–Crippen LogP) is -0.729. The lowest BCUT2D eigenvalue weighted by atomic mass is 10.1. The van der Waals surface area contributed by atoms with Gasteiger partial charge in [0.15, 0.2) is 0 Å². The molecule has 100 valence electrons. The summed E-state index contributed by atoms with van der Waals surface area (Å²) < 4.78 is 1.72. The molecule has 1 aromatic heterocycles. The number of carboxylic acid groups (broad SMARTS) is 1. The molecule has 0 bridgehead atoms. The van der Waals surface area contributed by atoms with E-state index in [1.807, 2.05) is 0 Å². The van der Waals surface area contributed by atoms with Crippen LogP contribution in [0.3, 0.4) is 0 Å². The molecule has 7 nitrogen and oxygen atoms in total. The van der Waals surface area contributed by atoms with Crippen LogP contribution < -0.4 is 11.1 Å². The van der Waals surface area contributed by atoms with E-state index in [0.717, 1.165) is 5.69 Å². The molecule has 0 radical (unpaired) electrons. The van der Waals surface area contributed by atoms with Crippen LogP contribution in [-0.2, 0) is 23.1 Å². The predicted molar refractivity (Wildman–Crippen MR) is 64.8 cm³/mol. The second-order valence-corrected chi connectivity index (χ2v) is 4.05. The van der Waals surface area contributed by atoms with Gasteiger partial charge in [0.25, 0.3) is 0 Å². The van der Waals surface area contributed by atoms with Gasteiger partial charge in [0.05, 0.1) is 6.33 Å². The monoisotopic (exact) mass is 254 g/mol. The lowest BCUT2D eigenvalue weighted by Crippen LogP contribution is -2.42. The number of nitrogens with two attached hydrogens (primary N) is 1. The number of hydrogen-bond acceptors (Lipinski definition) is 4. The van der Waals surface area contributed by atoms with Crippen LogP contribution in [-0.4, -0.2) is 39.1 Å². The van der Waals surface area contributed by atoms with Crippen molar-refractivity contribution < 1.29 is 14.7 Å². The number of nitrogens with one attached hydrogen (secondary N) is 1. The summed E-state index contributed by atoms with van der Waals surface area (Å²) in [4.78, 5) is 26.5. The standard InChI is InChI=1S/C11H18N4O3/c1-15-7-13-6-8(15)5-9(11(17)18)14-10(16)3-2-4-12/h6-7,9H,2-5,12H2,1H3,(H,14,16)(H,17,18). The van der Waals surface area contributed by atoms with Gasteiger partial charge in [-0.25, -0.2) is 9.78 Å². The average molecular weight is 254 g/mol. The third-order valence-corrected chi connectivity index (χ3v) is 2.57. The molecular weight excluding hydrogens is 236 g/mol. The van der Waals surface area contributed by atoms with E-state index in [1.165, 1.54) is 0 Å². The number of carbonyl (C=O) groups excluding carboxylic acids is 1. The van der Waals surface area contributed by atoms with Crippen molar-refractivity contribution in [3.63, 3.8) is 0 Å². The minimum absolute atomic E-state index is 0.209. The minimum atomic E-state index is -1.06. The molecule has 0 saturated carbocycles. The Morgan fingerprint density at radius 2 is 2.33 bits per heavy atom. The molecule has 0 aliphatic heterocycles. The maximum absolute atomic E-state index is 11.5. The zero-order chi connectivity index (χ0) is 13.5. The number of aromatic nitrogens is 2. The Morgan fingerprint density at radius 1 is 1.61 bits per heavy atom. The van der Waals surface area contributed by atoms with Crippen molar-refractivity contribution in [3.8, 4) is 0 Å². The van der Waals surface area contributed by atoms with E-state index in [1.54, 1.807) is 24.1 Å². The topological polar surface area (TPSA) is 110 Å². The molecule has 7 heteroatoms. The smallest absolute Gasteiger partial charge is 0.326 e. The molecule has 1 amide bonds. The summed E-state index contributed by atoms with van der Waals surface area (Å²) >= 11 is 0. The first kappa shape index (κ1) is 14.2. The summed E-state index contributed by atoms with van der Waals surface area (Å²) in [7, 11) is 1.78. The molecule has 18 heavy (non-hydrogen) atoms. The molecule has 4 N–H and O–H groups in total. The minimum Gasteiger partial charge on any atom is -0.480 e. The summed E-state index contributed by atoms with van der Waals surface area (Å²) in [5.74, 6) is -1.35. The average Bonchev–Trinajstić information content (AvgIpc) is 2.71. The van der Waals surface area contributed by atoms with Gasteiger partial charge >= 0.3 is 5.97 Å². The van der Waals surface area contributed by atoms with Gasteiger partial charge in [-0.3, -0.25) is 4.79 Å². The molecule has 1 aromatic rings. The molecule has 1 atom stereocenters. The molecular formula is C11H18N4O3. The number of carboxylic acids is 1. The van der Waals surface area contributed by atoms with Gasteiger partial charge in [-0.1, -0.05) is 0 Å². The van der Waals surface area contributed by atoms with Crippen LogP contribution in [0.15, 0.2) is 12.5 Å². The van der Waals surface area contributed by atoms with Crippen molar-refractivity contribution in [2.24, 2.45) is 12.8 Å². The quantitative estimate of drug-likeness (QED) is 0.594. The van der Waals surface area contributed by atoms with Crippen LogP contribution in [0.2, 0.25) is 0 Å². The van der Waals surface area contributed by atoms with Gasteiger partial charge in [-0.2, -0.15) is 0 Å². The SMILES string of the molecule is Cn1cncc1CC(NC(=O)CCCN)C(=O)O. The van der Waals surface area contributed by atoms with E-state index in [0.29, 0.717) is 13.0 Å². The fraction of sp³-hybridized carbons (Fsp3) is 0.545. The van der Waals surface area contributed by atoms with Gasteiger partial charge in [0.1, 0.15) is 6.04 Å². The van der Waals surface area contributed by atoms with E-state index in [4.69, 9.17) is 10.8 Å². The second kappa shape index (κ2) is 6.75. The van der Waals surface area contributed by atoms with Crippen molar-refractivity contribution in [2.45, 2.75) is 25.3 Å². The Kier molecular flexibility index (Phi) is 5.31. The van der Waals surface area contributed by atoms with E-state index < -0.39 is 12.0 Å². The van der Waals surface area contributed by atoms with Crippen LogP contribution in [0.1, 0.15) is 18.5 Å². The van der Waals surface area contributed by atoms with E-state index >= 15 is 0 Å². The van der Waals surface area contributed by atoms with Crippen molar-refractivity contribution in [1.82, 2.24) is 14.9 Å². The lowest BCUT2D eigenvalue weighted by Gasteiger charge is -2.14. The summed E-state index contributed by atoms with van der Waals surface area (Å²) in [5.41, 5.74) is 6.04. The molecule has 0 fully saturated rings. The third-order valence-electron chi connectivity index (χ3n) is 2.57. The molecule has 1 rings (SSSR count). The summed E-state index contributed by atoms with van der Waals surface area (Å²) in [5, 5.41) is 11.5. The maximum Gasteiger partial charge on any atom is 0.326 e. The van der Waals surface area contributed by atoms with Crippen molar-refractivity contribution in [2.75, 3.05) is 6.54 Å². The van der Waals surface area contributed by atoms with Crippen LogP contribution in [0.4, 0.5) is 0 Å². The fourth-order valence-corrected chi connectivity index (χ4v) is 1.52. The van der Waals surface area contributed by atoms with Gasteiger partial charge in [-0.15, -0.1) is 0 Å². The van der Waals surface area contributed by atoms with Crippen LogP contribution in [0.5, 0.6) is 0 Å². The third kappa shape index (κ3) is 4.17. The van der Waals surface area contributed by atoms with E-state index in [9.17, 15) is 9.59 Å². The van der Waals surface area contributed by atoms with Gasteiger partial charge in [-0.05, 0) is 13.0 Å². The summed E-state index contributed by atoms with van der Waals surface area (Å²) in [6.07, 6.45) is 4.17. The number of imidazole rings is 1. The molecule has 1 unspecified atom stereocenters. The van der Waals surface area contributed by atoms with Crippen molar-refractivity contribution >= 4 is 11.9 Å². The highest BCUT2D eigenvalue weighted by Gasteiger charge is 2.21. The molecule has 0 aliphatic rings. The molecule has 0 saturated heterocycles. The number of nitrogens with zero attached hydrogens (tertiary/aromatic N) is 2. The first-order chi connectivity index (χ1) is 8.54. The maximum atomic E-state index is 11.5. The Bertz CT molecular complexity index is 416. The number of rotatable bonds is 7. The first-order valence-corrected chi connectivity index (χ1v) is 5.72. The highest BCUT2D eigenvalue weighted by molar-refractivity contribution is 5.83. The highest BCUT2D eigenvalue weighted by atomic mass is 16.4. The number of aliphatic carboxylic acids is 1. The molecule has 0 aliphatic carbocycles. The van der Waals surface area contributed by atoms with E-state index in [2.05, 4.69) is 10.3 Å². The number of carbonyl (C=O) groups is 2. The molecule has 1 heterocycles. The van der Waals surface area contributed by atoms with Gasteiger partial charge in [0, 0.05) is 31.8 Å². The zero-order valence-corrected chi connectivity index (χ0v) is 10.3. The zero-order valence-electron chi connectivity index (χ0n) is 10.3. The van der Waals surface area contributed by atoms with Gasteiger partial charge in [0.2, 0.25) is 5.91 Å². The van der Waals surface area contributed by atoms with E-state index in [-0.39, 0.29) is 18.7 Å². The normalized spacial score (nSPS) is 12.1. The van der Waals surface area contributed by atoms with Crippen molar-refractivity contribution in [1.29, 1.82) is 0 Å². The Balaban J connectivity index is 2.58. The first-order valence-electron chi connectivity index (χ1n) is 5.72.